The van der Waals surface area contributed by atoms with Crippen molar-refractivity contribution >= 4 is 60.4 Å². The summed E-state index contributed by atoms with van der Waals surface area (Å²) in [6.45, 7) is 0. The van der Waals surface area contributed by atoms with Gasteiger partial charge in [-0.1, -0.05) is 218 Å². The van der Waals surface area contributed by atoms with E-state index in [1.165, 1.54) is 127 Å². The van der Waals surface area contributed by atoms with Crippen LogP contribution in [-0.4, -0.2) is 4.57 Å². The summed E-state index contributed by atoms with van der Waals surface area (Å²) in [7, 11) is 0. The summed E-state index contributed by atoms with van der Waals surface area (Å²) >= 11 is 0. The number of benzene rings is 12. The lowest BCUT2D eigenvalue weighted by Crippen LogP contribution is -2.33. The first-order valence-electron chi connectivity index (χ1n) is 25.3. The minimum Gasteiger partial charge on any atom is -0.309 e. The molecule has 2 nitrogen and oxygen atoms in total. The van der Waals surface area contributed by atoms with Crippen LogP contribution in [-0.2, 0) is 10.8 Å². The average Bonchev–Trinajstić information content (AvgIpc) is 4.15. The van der Waals surface area contributed by atoms with Gasteiger partial charge in [-0.2, -0.15) is 0 Å². The van der Waals surface area contributed by atoms with Gasteiger partial charge in [0.1, 0.15) is 0 Å². The fourth-order valence-corrected chi connectivity index (χ4v) is 14.6. The van der Waals surface area contributed by atoms with E-state index in [0.29, 0.717) is 0 Å². The van der Waals surface area contributed by atoms with Gasteiger partial charge in [-0.05, 0) is 125 Å². The molecule has 2 heteroatoms. The highest BCUT2D eigenvalue weighted by Gasteiger charge is 2.54. The Balaban J connectivity index is 1.01. The van der Waals surface area contributed by atoms with Crippen LogP contribution in [0.4, 0.5) is 17.1 Å². The second kappa shape index (κ2) is 13.8. The predicted octanol–water partition coefficient (Wildman–Crippen LogP) is 17.6. The molecule has 17 rings (SSSR count). The van der Waals surface area contributed by atoms with Crippen molar-refractivity contribution in [3.05, 3.63) is 299 Å². The first-order valence-corrected chi connectivity index (χ1v) is 25.3. The lowest BCUT2D eigenvalue weighted by Gasteiger charge is -2.40. The van der Waals surface area contributed by atoms with Crippen molar-refractivity contribution in [2.45, 2.75) is 10.8 Å². The first-order chi connectivity index (χ1) is 35.8. The van der Waals surface area contributed by atoms with Gasteiger partial charge in [0.05, 0.1) is 38.9 Å². The van der Waals surface area contributed by atoms with Crippen molar-refractivity contribution < 1.29 is 0 Å². The minimum atomic E-state index is -0.601. The fraction of sp³-hybridized carbons (Fsp3) is 0.0286. The van der Waals surface area contributed by atoms with Crippen molar-refractivity contribution in [3.8, 4) is 39.1 Å². The van der Waals surface area contributed by atoms with Gasteiger partial charge in [-0.3, -0.25) is 0 Å². The minimum absolute atomic E-state index is 0.519. The number of fused-ring (bicyclic) bond motifs is 25. The van der Waals surface area contributed by atoms with Crippen LogP contribution in [0.5, 0.6) is 0 Å². The molecular weight excluding hydrogens is 869 g/mol. The molecule has 0 fully saturated rings. The molecule has 1 aliphatic heterocycles. The maximum atomic E-state index is 2.61. The summed E-state index contributed by atoms with van der Waals surface area (Å²) in [5.74, 6) is 0. The number of hydrogen-bond donors (Lipinski definition) is 0. The second-order valence-electron chi connectivity index (χ2n) is 20.2. The van der Waals surface area contributed by atoms with Crippen LogP contribution in [0.15, 0.2) is 255 Å². The van der Waals surface area contributed by atoms with Gasteiger partial charge in [0.2, 0.25) is 0 Å². The highest BCUT2D eigenvalue weighted by atomic mass is 15.1. The van der Waals surface area contributed by atoms with E-state index in [4.69, 9.17) is 0 Å². The predicted molar refractivity (Wildman–Crippen MR) is 298 cm³/mol. The smallest absolute Gasteiger partial charge is 0.0755 e. The zero-order valence-corrected chi connectivity index (χ0v) is 39.1. The molecule has 4 aliphatic rings. The van der Waals surface area contributed by atoms with Gasteiger partial charge >= 0.3 is 0 Å². The molecule has 332 valence electrons. The zero-order chi connectivity index (χ0) is 46.9. The number of nitrogens with zero attached hydrogens (tertiary/aromatic N) is 2. The maximum absolute atomic E-state index is 2.61. The number of rotatable bonds is 3. The van der Waals surface area contributed by atoms with Crippen LogP contribution in [0.2, 0.25) is 0 Å². The van der Waals surface area contributed by atoms with Gasteiger partial charge in [0, 0.05) is 27.2 Å². The molecule has 2 spiro atoms. The Morgan fingerprint density at radius 2 is 0.792 bits per heavy atom. The SMILES string of the molecule is c1ccc2c(c1)-c1ccccc1C21c2ccccc2-c2c1cc(N(c1ccc3c(c1)C1(c4ccccc4-3)c3ccccc3-n3c4ccccc4c4cccc1c43)c1cccc3ccccc13)c1ccccc21. The summed E-state index contributed by atoms with van der Waals surface area (Å²) in [5, 5.41) is 7.44. The number of aromatic nitrogens is 1. The van der Waals surface area contributed by atoms with E-state index in [2.05, 4.69) is 264 Å². The topological polar surface area (TPSA) is 8.17 Å². The number of anilines is 3. The second-order valence-corrected chi connectivity index (χ2v) is 20.2. The van der Waals surface area contributed by atoms with Crippen molar-refractivity contribution in [2.24, 2.45) is 0 Å². The summed E-state index contributed by atoms with van der Waals surface area (Å²) in [6.07, 6.45) is 0. The van der Waals surface area contributed by atoms with Gasteiger partial charge in [0.15, 0.2) is 0 Å². The molecule has 0 N–H and O–H groups in total. The maximum Gasteiger partial charge on any atom is 0.0755 e. The molecule has 3 aliphatic carbocycles. The van der Waals surface area contributed by atoms with E-state index in [-0.39, 0.29) is 0 Å². The molecule has 1 aromatic heterocycles. The van der Waals surface area contributed by atoms with Gasteiger partial charge in [-0.15, -0.1) is 0 Å². The van der Waals surface area contributed by atoms with Crippen molar-refractivity contribution in [3.63, 3.8) is 0 Å². The van der Waals surface area contributed by atoms with Gasteiger partial charge in [-0.25, -0.2) is 0 Å². The number of hydrogen-bond acceptors (Lipinski definition) is 1. The van der Waals surface area contributed by atoms with E-state index in [1.54, 1.807) is 0 Å². The molecule has 0 radical (unpaired) electrons. The molecule has 0 saturated heterocycles. The zero-order valence-electron chi connectivity index (χ0n) is 39.1. The average molecular weight is 911 g/mol. The molecule has 1 atom stereocenters. The largest absolute Gasteiger partial charge is 0.309 e. The third kappa shape index (κ3) is 4.49. The summed E-state index contributed by atoms with van der Waals surface area (Å²) in [6, 6.07) is 96.8. The third-order valence-corrected chi connectivity index (χ3v) is 17.2. The quantitative estimate of drug-likeness (QED) is 0.171. The Morgan fingerprint density at radius 3 is 1.53 bits per heavy atom. The van der Waals surface area contributed by atoms with Crippen molar-refractivity contribution in [1.82, 2.24) is 4.57 Å². The Morgan fingerprint density at radius 1 is 0.292 bits per heavy atom. The normalized spacial score (nSPS) is 15.7. The van der Waals surface area contributed by atoms with E-state index < -0.39 is 10.8 Å². The molecule has 0 saturated carbocycles. The molecule has 2 heterocycles. The van der Waals surface area contributed by atoms with Crippen LogP contribution >= 0.6 is 0 Å². The lowest BCUT2D eigenvalue weighted by atomic mass is 9.65. The van der Waals surface area contributed by atoms with Crippen LogP contribution in [0.1, 0.15) is 44.5 Å². The molecule has 1 unspecified atom stereocenters. The van der Waals surface area contributed by atoms with Gasteiger partial charge < -0.3 is 9.47 Å². The highest BCUT2D eigenvalue weighted by molar-refractivity contribution is 6.15. The monoisotopic (exact) mass is 910 g/mol. The molecule has 0 bridgehead atoms. The number of para-hydroxylation sites is 3. The Labute approximate surface area is 417 Å². The molecule has 13 aromatic rings. The van der Waals surface area contributed by atoms with Crippen LogP contribution in [0.25, 0.3) is 82.4 Å². The highest BCUT2D eigenvalue weighted by Crippen LogP contribution is 2.66. The van der Waals surface area contributed by atoms with Crippen LogP contribution in [0.3, 0.4) is 0 Å². The fourth-order valence-electron chi connectivity index (χ4n) is 14.6. The van der Waals surface area contributed by atoms with Crippen LogP contribution in [0, 0.1) is 0 Å². The standard InChI is InChI=1S/C70H42N2/c1-2-21-45-43(19-1)20-17-38-63(45)71(66-42-62-67(52-27-4-3-25-50(52)66)54-28-8-13-33-58(54)69(62)55-30-10-5-22-46(55)47-23-6-11-31-56(47)69)44-39-40-49-48-24-7-12-32-57(48)70(61(49)41-44)59-34-14-16-37-65(59)72-64-36-15-9-26-51(64)53-29-18-35-60(70)68(53)72/h1-42H. The molecular formula is C70H42N2. The molecule has 72 heavy (non-hydrogen) atoms. The van der Waals surface area contributed by atoms with Crippen molar-refractivity contribution in [1.29, 1.82) is 0 Å². The summed E-state index contributed by atoms with van der Waals surface area (Å²) in [4.78, 5) is 2.61. The molecule has 0 amide bonds. The summed E-state index contributed by atoms with van der Waals surface area (Å²) < 4.78 is 2.54. The van der Waals surface area contributed by atoms with Gasteiger partial charge in [0.25, 0.3) is 0 Å². The van der Waals surface area contributed by atoms with Crippen LogP contribution < -0.4 is 4.90 Å². The summed E-state index contributed by atoms with van der Waals surface area (Å²) in [5.41, 5.74) is 24.4. The third-order valence-electron chi connectivity index (χ3n) is 17.2. The van der Waals surface area contributed by atoms with E-state index in [9.17, 15) is 0 Å². The Hall–Kier alpha value is -9.24. The Kier molecular flexibility index (Phi) is 7.37. The van der Waals surface area contributed by atoms with Crippen molar-refractivity contribution in [2.75, 3.05) is 4.90 Å². The molecule has 12 aromatic carbocycles. The van der Waals surface area contributed by atoms with E-state index >= 15 is 0 Å². The Bertz CT molecular complexity index is 4500. The lowest BCUT2D eigenvalue weighted by molar-refractivity contribution is 0.748. The van der Waals surface area contributed by atoms with E-state index in [1.807, 2.05) is 0 Å². The first kappa shape index (κ1) is 38.6. The van der Waals surface area contributed by atoms with E-state index in [0.717, 1.165) is 17.1 Å².